The van der Waals surface area contributed by atoms with E-state index in [0.29, 0.717) is 33.8 Å². The number of furan rings is 1. The van der Waals surface area contributed by atoms with Crippen molar-refractivity contribution in [3.8, 4) is 0 Å². The number of hydrogen-bond acceptors (Lipinski definition) is 6. The number of carbonyl (C=O) groups is 3. The van der Waals surface area contributed by atoms with E-state index in [2.05, 4.69) is 15.6 Å². The van der Waals surface area contributed by atoms with Crippen molar-refractivity contribution < 1.29 is 18.8 Å². The van der Waals surface area contributed by atoms with E-state index in [1.165, 1.54) is 16.5 Å². The molecule has 9 nitrogen and oxygen atoms in total. The number of para-hydroxylation sites is 1. The molecule has 4 aromatic rings. The number of aromatic nitrogens is 3. The van der Waals surface area contributed by atoms with Gasteiger partial charge in [-0.3, -0.25) is 19.3 Å². The largest absolute Gasteiger partial charge is 0.464 e. The minimum Gasteiger partial charge on any atom is -0.464 e. The van der Waals surface area contributed by atoms with Crippen LogP contribution >= 0.6 is 0 Å². The molecular formula is C29H31N5O4. The summed E-state index contributed by atoms with van der Waals surface area (Å²) in [6.07, 6.45) is 5.06. The van der Waals surface area contributed by atoms with Gasteiger partial charge in [0.1, 0.15) is 23.6 Å². The van der Waals surface area contributed by atoms with E-state index >= 15 is 0 Å². The summed E-state index contributed by atoms with van der Waals surface area (Å²) in [6, 6.07) is 16.6. The zero-order valence-electron chi connectivity index (χ0n) is 21.6. The van der Waals surface area contributed by atoms with Crippen LogP contribution in [-0.2, 0) is 16.1 Å². The number of benzene rings is 2. The van der Waals surface area contributed by atoms with Gasteiger partial charge >= 0.3 is 0 Å². The molecule has 2 aromatic heterocycles. The predicted molar refractivity (Wildman–Crippen MR) is 143 cm³/mol. The molecule has 2 amide bonds. The van der Waals surface area contributed by atoms with Crippen molar-refractivity contribution in [2.24, 2.45) is 0 Å². The second-order valence-electron chi connectivity index (χ2n) is 9.80. The summed E-state index contributed by atoms with van der Waals surface area (Å²) in [5.41, 5.74) is 2.23. The molecule has 0 radical (unpaired) electrons. The van der Waals surface area contributed by atoms with Crippen LogP contribution in [0.1, 0.15) is 66.9 Å². The fourth-order valence-corrected chi connectivity index (χ4v) is 5.05. The smallest absolute Gasteiger partial charge is 0.251 e. The Morgan fingerprint density at radius 3 is 2.58 bits per heavy atom. The van der Waals surface area contributed by atoms with E-state index in [1.54, 1.807) is 43.3 Å². The summed E-state index contributed by atoms with van der Waals surface area (Å²) in [5, 5.41) is 11.5. The first-order valence-corrected chi connectivity index (χ1v) is 13.0. The van der Waals surface area contributed by atoms with Gasteiger partial charge in [-0.15, -0.1) is 5.10 Å². The molecule has 0 saturated heterocycles. The number of aryl methyl sites for hydroxylation is 1. The van der Waals surface area contributed by atoms with Crippen LogP contribution < -0.4 is 10.2 Å². The van der Waals surface area contributed by atoms with Gasteiger partial charge in [-0.05, 0) is 63.1 Å². The molecule has 9 heteroatoms. The summed E-state index contributed by atoms with van der Waals surface area (Å²) in [4.78, 5) is 41.6. The molecule has 1 atom stereocenters. The molecule has 1 aliphatic rings. The van der Waals surface area contributed by atoms with Crippen LogP contribution in [0.25, 0.3) is 11.0 Å². The lowest BCUT2D eigenvalue weighted by atomic mass is 9.95. The van der Waals surface area contributed by atoms with Gasteiger partial charge in [0, 0.05) is 17.3 Å². The lowest BCUT2D eigenvalue weighted by Crippen LogP contribution is -2.48. The Bertz CT molecular complexity index is 1470. The highest BCUT2D eigenvalue weighted by Gasteiger charge is 2.36. The Morgan fingerprint density at radius 1 is 1.05 bits per heavy atom. The molecule has 1 fully saturated rings. The van der Waals surface area contributed by atoms with E-state index in [1.807, 2.05) is 24.3 Å². The maximum Gasteiger partial charge on any atom is 0.251 e. The van der Waals surface area contributed by atoms with Crippen LogP contribution in [0.5, 0.6) is 0 Å². The van der Waals surface area contributed by atoms with Crippen LogP contribution in [0.3, 0.4) is 0 Å². The van der Waals surface area contributed by atoms with Crippen LogP contribution in [0, 0.1) is 6.92 Å². The van der Waals surface area contributed by atoms with Crippen molar-refractivity contribution in [3.05, 3.63) is 77.7 Å². The highest BCUT2D eigenvalue weighted by Crippen LogP contribution is 2.31. The van der Waals surface area contributed by atoms with E-state index in [9.17, 15) is 14.4 Å². The molecule has 0 aliphatic heterocycles. The van der Waals surface area contributed by atoms with Crippen LogP contribution in [-0.4, -0.2) is 38.6 Å². The van der Waals surface area contributed by atoms with Crippen molar-refractivity contribution in [2.45, 2.75) is 64.6 Å². The molecule has 0 bridgehead atoms. The van der Waals surface area contributed by atoms with E-state index in [-0.39, 0.29) is 30.2 Å². The summed E-state index contributed by atoms with van der Waals surface area (Å²) in [7, 11) is 0. The highest BCUT2D eigenvalue weighted by molar-refractivity contribution is 6.03. The summed E-state index contributed by atoms with van der Waals surface area (Å²) < 4.78 is 7.45. The highest BCUT2D eigenvalue weighted by atomic mass is 16.3. The van der Waals surface area contributed by atoms with Crippen molar-refractivity contribution in [1.29, 1.82) is 0 Å². The lowest BCUT2D eigenvalue weighted by Gasteiger charge is -2.32. The molecule has 196 valence electrons. The molecule has 1 aliphatic carbocycles. The number of nitrogens with one attached hydrogen (secondary N) is 1. The van der Waals surface area contributed by atoms with Crippen LogP contribution in [0.4, 0.5) is 5.69 Å². The van der Waals surface area contributed by atoms with Gasteiger partial charge in [-0.25, -0.2) is 4.68 Å². The zero-order valence-corrected chi connectivity index (χ0v) is 21.6. The predicted octanol–water partition coefficient (Wildman–Crippen LogP) is 4.76. The summed E-state index contributed by atoms with van der Waals surface area (Å²) in [5.74, 6) is 0.123. The van der Waals surface area contributed by atoms with Gasteiger partial charge in [0.15, 0.2) is 11.8 Å². The van der Waals surface area contributed by atoms with E-state index < -0.39 is 6.04 Å². The molecule has 1 N–H and O–H groups in total. The Hall–Kier alpha value is -4.27. The van der Waals surface area contributed by atoms with Gasteiger partial charge in [0.25, 0.3) is 5.91 Å². The molecule has 0 spiro atoms. The maximum absolute atomic E-state index is 14.1. The van der Waals surface area contributed by atoms with Crippen molar-refractivity contribution in [3.63, 3.8) is 0 Å². The lowest BCUT2D eigenvalue weighted by molar-refractivity contribution is -0.128. The van der Waals surface area contributed by atoms with Crippen LogP contribution in [0.15, 0.2) is 65.1 Å². The maximum atomic E-state index is 14.1. The average Bonchev–Trinajstić information content (AvgIpc) is 3.53. The minimum absolute atomic E-state index is 0.0366. The van der Waals surface area contributed by atoms with E-state index in [4.69, 9.17) is 4.42 Å². The van der Waals surface area contributed by atoms with Crippen LogP contribution in [0.2, 0.25) is 0 Å². The van der Waals surface area contributed by atoms with Crippen molar-refractivity contribution in [1.82, 2.24) is 20.3 Å². The van der Waals surface area contributed by atoms with Gasteiger partial charge in [0.2, 0.25) is 5.91 Å². The number of ketones is 1. The number of carbonyl (C=O) groups excluding carboxylic acids is 3. The summed E-state index contributed by atoms with van der Waals surface area (Å²) in [6.45, 7) is 3.11. The Morgan fingerprint density at radius 2 is 1.84 bits per heavy atom. The Kier molecular flexibility index (Phi) is 7.35. The SMILES string of the molecule is CC(=O)c1cccc(N(C(=O)Cn2nnc3ccccc32)[C@H](C(=O)NC2CCCCC2)c2ccc(C)o2)c1. The minimum atomic E-state index is -1.07. The van der Waals surface area contributed by atoms with Crippen molar-refractivity contribution >= 4 is 34.3 Å². The average molecular weight is 514 g/mol. The van der Waals surface area contributed by atoms with Gasteiger partial charge in [-0.1, -0.05) is 48.7 Å². The number of anilines is 1. The second-order valence-corrected chi connectivity index (χ2v) is 9.80. The number of Topliss-reactive ketones (excluding diaryl/α,β-unsaturated/α-hetero) is 1. The first-order valence-electron chi connectivity index (χ1n) is 13.0. The normalized spacial score (nSPS) is 14.8. The van der Waals surface area contributed by atoms with E-state index in [0.717, 1.165) is 32.1 Å². The molecule has 2 heterocycles. The van der Waals surface area contributed by atoms with Gasteiger partial charge in [-0.2, -0.15) is 0 Å². The topological polar surface area (TPSA) is 110 Å². The third kappa shape index (κ3) is 5.37. The first-order chi connectivity index (χ1) is 18.4. The quantitative estimate of drug-likeness (QED) is 0.340. The second kappa shape index (κ2) is 11.0. The number of hydrogen-bond donors (Lipinski definition) is 1. The number of rotatable bonds is 8. The number of nitrogens with zero attached hydrogens (tertiary/aromatic N) is 4. The number of amides is 2. The molecule has 38 heavy (non-hydrogen) atoms. The fraction of sp³-hybridized carbons (Fsp3) is 0.345. The molecule has 5 rings (SSSR count). The third-order valence-corrected chi connectivity index (χ3v) is 6.99. The summed E-state index contributed by atoms with van der Waals surface area (Å²) >= 11 is 0. The van der Waals surface area contributed by atoms with Crippen molar-refractivity contribution in [2.75, 3.05) is 4.90 Å². The standard InChI is InChI=1S/C29H31N5O4/c1-19-15-16-26(38-19)28(29(37)30-22-10-4-3-5-11-22)34(23-12-8-9-21(17-23)20(2)35)27(36)18-33-25-14-7-6-13-24(25)31-32-33/h6-9,12-17,22,28H,3-5,10-11,18H2,1-2H3,(H,30,37)/t28-/m0/s1. The fourth-order valence-electron chi connectivity index (χ4n) is 5.05. The zero-order chi connectivity index (χ0) is 26.6. The first kappa shape index (κ1) is 25.4. The molecule has 1 saturated carbocycles. The third-order valence-electron chi connectivity index (χ3n) is 6.99. The Balaban J connectivity index is 1.57. The molecule has 0 unspecified atom stereocenters. The van der Waals surface area contributed by atoms with Gasteiger partial charge < -0.3 is 9.73 Å². The monoisotopic (exact) mass is 513 g/mol. The Labute approximate surface area is 220 Å². The molecule has 2 aromatic carbocycles. The number of fused-ring (bicyclic) bond motifs is 1. The van der Waals surface area contributed by atoms with Gasteiger partial charge in [0.05, 0.1) is 5.52 Å². The molecular weight excluding hydrogens is 482 g/mol.